The standard InChI is InChI=1S/C10H16N2O.C6H10N2O2/c1-7(2)12-9-5-3-4-8(6-9)10(11)13;7-6(10)5-2-1-3-8(5)4-9/h3-7,10,12-13H,11H2,1-2H3;4-5H,1-3H2,(H2,7,10)/t;5-/m.0/s1. The topological polar surface area (TPSA) is 122 Å². The van der Waals surface area contributed by atoms with Crippen LogP contribution in [0.15, 0.2) is 24.3 Å². The number of amides is 2. The number of hydrogen-bond acceptors (Lipinski definition) is 5. The van der Waals surface area contributed by atoms with Crippen LogP contribution in [0.4, 0.5) is 5.69 Å². The normalized spacial score (nSPS) is 18.1. The molecule has 2 rings (SSSR count). The van der Waals surface area contributed by atoms with Gasteiger partial charge in [0.05, 0.1) is 0 Å². The Labute approximate surface area is 136 Å². The van der Waals surface area contributed by atoms with Crippen LogP contribution in [0.5, 0.6) is 0 Å². The van der Waals surface area contributed by atoms with Crippen LogP contribution in [-0.4, -0.2) is 41.0 Å². The van der Waals surface area contributed by atoms with Crippen LogP contribution >= 0.6 is 0 Å². The summed E-state index contributed by atoms with van der Waals surface area (Å²) in [6, 6.07) is 7.51. The molecule has 0 aliphatic carbocycles. The third-order valence-corrected chi connectivity index (χ3v) is 3.44. The molecule has 1 aliphatic heterocycles. The molecule has 0 spiro atoms. The molecule has 1 aliphatic rings. The van der Waals surface area contributed by atoms with Crippen molar-refractivity contribution in [3.63, 3.8) is 0 Å². The van der Waals surface area contributed by atoms with E-state index in [0.29, 0.717) is 25.4 Å². The number of anilines is 1. The summed E-state index contributed by atoms with van der Waals surface area (Å²) in [5.41, 5.74) is 12.1. The zero-order valence-electron chi connectivity index (χ0n) is 13.6. The largest absolute Gasteiger partial charge is 0.383 e. The van der Waals surface area contributed by atoms with Crippen LogP contribution in [0.3, 0.4) is 0 Å². The molecule has 6 N–H and O–H groups in total. The maximum absolute atomic E-state index is 10.6. The number of hydrogen-bond donors (Lipinski definition) is 4. The minimum atomic E-state index is -0.895. The Morgan fingerprint density at radius 3 is 2.65 bits per heavy atom. The molecule has 7 heteroatoms. The van der Waals surface area contributed by atoms with Crippen LogP contribution in [0.1, 0.15) is 38.5 Å². The van der Waals surface area contributed by atoms with Gasteiger partial charge in [0.2, 0.25) is 12.3 Å². The molecule has 0 aromatic heterocycles. The molecule has 1 heterocycles. The van der Waals surface area contributed by atoms with Crippen molar-refractivity contribution < 1.29 is 14.7 Å². The first-order valence-electron chi connectivity index (χ1n) is 7.65. The Morgan fingerprint density at radius 1 is 1.48 bits per heavy atom. The molecule has 23 heavy (non-hydrogen) atoms. The van der Waals surface area contributed by atoms with Gasteiger partial charge in [-0.15, -0.1) is 0 Å². The average molecular weight is 322 g/mol. The summed E-state index contributed by atoms with van der Waals surface area (Å²) in [7, 11) is 0. The Bertz CT molecular complexity index is 520. The molecule has 2 atom stereocenters. The molecule has 0 radical (unpaired) electrons. The van der Waals surface area contributed by atoms with E-state index in [9.17, 15) is 9.59 Å². The summed E-state index contributed by atoms with van der Waals surface area (Å²) in [5.74, 6) is -0.399. The molecule has 2 amide bonds. The zero-order chi connectivity index (χ0) is 17.4. The summed E-state index contributed by atoms with van der Waals surface area (Å²) < 4.78 is 0. The molecule has 0 bridgehead atoms. The molecule has 1 saturated heterocycles. The Balaban J connectivity index is 0.000000238. The predicted octanol–water partition coefficient (Wildman–Crippen LogP) is 0.549. The SMILES string of the molecule is CC(C)Nc1cccc(C(N)O)c1.NC(=O)[C@@H]1CCCN1C=O. The van der Waals surface area contributed by atoms with E-state index in [2.05, 4.69) is 19.2 Å². The van der Waals surface area contributed by atoms with Gasteiger partial charge >= 0.3 is 0 Å². The highest BCUT2D eigenvalue weighted by Gasteiger charge is 2.27. The third kappa shape index (κ3) is 6.25. The molecular formula is C16H26N4O3. The molecule has 1 unspecified atom stereocenters. The maximum atomic E-state index is 10.6. The fourth-order valence-corrected chi connectivity index (χ4v) is 2.37. The van der Waals surface area contributed by atoms with E-state index in [4.69, 9.17) is 16.6 Å². The van der Waals surface area contributed by atoms with Gasteiger partial charge in [-0.2, -0.15) is 0 Å². The van der Waals surface area contributed by atoms with Crippen molar-refractivity contribution in [3.8, 4) is 0 Å². The van der Waals surface area contributed by atoms with Crippen molar-refractivity contribution in [2.75, 3.05) is 11.9 Å². The number of rotatable bonds is 5. The van der Waals surface area contributed by atoms with Crippen molar-refractivity contribution in [1.82, 2.24) is 4.90 Å². The number of nitrogens with two attached hydrogens (primary N) is 2. The van der Waals surface area contributed by atoms with Gasteiger partial charge in [0, 0.05) is 18.3 Å². The number of benzene rings is 1. The van der Waals surface area contributed by atoms with Crippen LogP contribution < -0.4 is 16.8 Å². The van der Waals surface area contributed by atoms with Gasteiger partial charge in [0.25, 0.3) is 0 Å². The third-order valence-electron chi connectivity index (χ3n) is 3.44. The van der Waals surface area contributed by atoms with E-state index in [0.717, 1.165) is 17.7 Å². The van der Waals surface area contributed by atoms with E-state index in [-0.39, 0.29) is 6.04 Å². The first-order valence-corrected chi connectivity index (χ1v) is 7.65. The first kappa shape index (κ1) is 18.9. The molecule has 1 aromatic rings. The highest BCUT2D eigenvalue weighted by atomic mass is 16.3. The van der Waals surface area contributed by atoms with Crippen molar-refractivity contribution in [2.45, 2.75) is 45.0 Å². The van der Waals surface area contributed by atoms with Crippen molar-refractivity contribution in [3.05, 3.63) is 29.8 Å². The number of nitrogens with one attached hydrogen (secondary N) is 1. The molecule has 1 aromatic carbocycles. The summed E-state index contributed by atoms with van der Waals surface area (Å²) in [5, 5.41) is 12.4. The maximum Gasteiger partial charge on any atom is 0.240 e. The van der Waals surface area contributed by atoms with Gasteiger partial charge < -0.3 is 26.8 Å². The van der Waals surface area contributed by atoms with E-state index in [1.165, 1.54) is 4.90 Å². The lowest BCUT2D eigenvalue weighted by Gasteiger charge is -2.15. The number of carbonyl (C=O) groups excluding carboxylic acids is 2. The summed E-state index contributed by atoms with van der Waals surface area (Å²) in [4.78, 5) is 22.3. The zero-order valence-corrected chi connectivity index (χ0v) is 13.6. The quantitative estimate of drug-likeness (QED) is 0.466. The Kier molecular flexibility index (Phi) is 7.50. The molecule has 128 valence electrons. The minimum absolute atomic E-state index is 0.350. The number of carbonyl (C=O) groups is 2. The smallest absolute Gasteiger partial charge is 0.240 e. The average Bonchev–Trinajstić information content (AvgIpc) is 2.96. The van der Waals surface area contributed by atoms with Gasteiger partial charge in [0.1, 0.15) is 12.3 Å². The van der Waals surface area contributed by atoms with Gasteiger partial charge in [0.15, 0.2) is 0 Å². The van der Waals surface area contributed by atoms with E-state index >= 15 is 0 Å². The monoisotopic (exact) mass is 322 g/mol. The number of aliphatic hydroxyl groups excluding tert-OH is 1. The fourth-order valence-electron chi connectivity index (χ4n) is 2.37. The van der Waals surface area contributed by atoms with E-state index < -0.39 is 12.1 Å². The predicted molar refractivity (Wildman–Crippen MR) is 89.3 cm³/mol. The number of primary amides is 1. The van der Waals surface area contributed by atoms with E-state index in [1.54, 1.807) is 6.07 Å². The summed E-state index contributed by atoms with van der Waals surface area (Å²) in [6.45, 7) is 4.79. The van der Waals surface area contributed by atoms with Gasteiger partial charge in [-0.25, -0.2) is 0 Å². The summed E-state index contributed by atoms with van der Waals surface area (Å²) >= 11 is 0. The first-order chi connectivity index (χ1) is 10.8. The minimum Gasteiger partial charge on any atom is -0.383 e. The molecular weight excluding hydrogens is 296 g/mol. The lowest BCUT2D eigenvalue weighted by atomic mass is 10.1. The van der Waals surface area contributed by atoms with Gasteiger partial charge in [-0.05, 0) is 44.4 Å². The molecule has 1 fully saturated rings. The van der Waals surface area contributed by atoms with Crippen LogP contribution in [0.25, 0.3) is 0 Å². The Morgan fingerprint density at radius 2 is 2.17 bits per heavy atom. The highest BCUT2D eigenvalue weighted by molar-refractivity contribution is 5.82. The Hall–Kier alpha value is -2.12. The van der Waals surface area contributed by atoms with Crippen molar-refractivity contribution >= 4 is 18.0 Å². The van der Waals surface area contributed by atoms with Gasteiger partial charge in [-0.3, -0.25) is 9.59 Å². The van der Waals surface area contributed by atoms with Crippen LogP contribution in [-0.2, 0) is 9.59 Å². The second-order valence-electron chi connectivity index (χ2n) is 5.77. The summed E-state index contributed by atoms with van der Waals surface area (Å²) in [6.07, 6.45) is 1.39. The second-order valence-corrected chi connectivity index (χ2v) is 5.77. The number of nitrogens with zero attached hydrogens (tertiary/aromatic N) is 1. The van der Waals surface area contributed by atoms with Crippen molar-refractivity contribution in [1.29, 1.82) is 0 Å². The van der Waals surface area contributed by atoms with E-state index in [1.807, 2.05) is 18.2 Å². The van der Waals surface area contributed by atoms with Gasteiger partial charge in [-0.1, -0.05) is 12.1 Å². The lowest BCUT2D eigenvalue weighted by Crippen LogP contribution is -2.39. The highest BCUT2D eigenvalue weighted by Crippen LogP contribution is 2.15. The number of aliphatic hydroxyl groups is 1. The molecule has 0 saturated carbocycles. The molecule has 7 nitrogen and oxygen atoms in total. The second kappa shape index (κ2) is 9.12. The lowest BCUT2D eigenvalue weighted by molar-refractivity contribution is -0.128. The fraction of sp³-hybridized carbons (Fsp3) is 0.500. The number of likely N-dealkylation sites (tertiary alicyclic amines) is 1. The van der Waals surface area contributed by atoms with Crippen LogP contribution in [0, 0.1) is 0 Å². The van der Waals surface area contributed by atoms with Crippen LogP contribution in [0.2, 0.25) is 0 Å². The van der Waals surface area contributed by atoms with Crippen molar-refractivity contribution in [2.24, 2.45) is 11.5 Å².